The number of aromatic carboxylic acids is 1. The van der Waals surface area contributed by atoms with Gasteiger partial charge in [0.25, 0.3) is 5.91 Å². The highest BCUT2D eigenvalue weighted by Gasteiger charge is 2.15. The lowest BCUT2D eigenvalue weighted by atomic mass is 10.0. The summed E-state index contributed by atoms with van der Waals surface area (Å²) in [6.45, 7) is 4.31. The number of carboxylic acid groups (broad SMARTS) is 1. The van der Waals surface area contributed by atoms with E-state index in [-0.39, 0.29) is 17.7 Å². The number of nitrogens with one attached hydrogen (secondary N) is 1. The number of amides is 1. The van der Waals surface area contributed by atoms with Crippen LogP contribution in [0.5, 0.6) is 11.5 Å². The van der Waals surface area contributed by atoms with Gasteiger partial charge in [-0.15, -0.1) is 6.58 Å². The molecular formula is C29H26N2O5. The number of ether oxygens (including phenoxy) is 2. The number of nitriles is 1. The molecule has 7 heteroatoms. The van der Waals surface area contributed by atoms with Crippen molar-refractivity contribution in [2.24, 2.45) is 0 Å². The summed E-state index contributed by atoms with van der Waals surface area (Å²) in [5, 5.41) is 21.4. The molecule has 36 heavy (non-hydrogen) atoms. The average molecular weight is 483 g/mol. The van der Waals surface area contributed by atoms with Crippen molar-refractivity contribution in [1.29, 1.82) is 5.26 Å². The molecule has 0 bridgehead atoms. The summed E-state index contributed by atoms with van der Waals surface area (Å²) in [4.78, 5) is 23.7. The van der Waals surface area contributed by atoms with Crippen LogP contribution in [0.2, 0.25) is 0 Å². The predicted molar refractivity (Wildman–Crippen MR) is 137 cm³/mol. The minimum absolute atomic E-state index is 0.0373. The number of benzene rings is 3. The Balaban J connectivity index is 1.82. The first-order valence-electron chi connectivity index (χ1n) is 11.2. The van der Waals surface area contributed by atoms with E-state index in [1.54, 1.807) is 24.3 Å². The Bertz CT molecular complexity index is 1310. The van der Waals surface area contributed by atoms with Gasteiger partial charge in [-0.25, -0.2) is 4.79 Å². The Morgan fingerprint density at radius 1 is 1.08 bits per heavy atom. The van der Waals surface area contributed by atoms with Crippen LogP contribution in [0.15, 0.2) is 85.0 Å². The van der Waals surface area contributed by atoms with E-state index in [0.717, 1.165) is 16.7 Å². The van der Waals surface area contributed by atoms with Crippen LogP contribution in [0.25, 0.3) is 6.08 Å². The van der Waals surface area contributed by atoms with Crippen molar-refractivity contribution in [2.75, 3.05) is 7.11 Å². The van der Waals surface area contributed by atoms with Crippen molar-refractivity contribution < 1.29 is 24.2 Å². The standard InChI is InChI=1S/C29H26N2O5/c1-3-7-24-14-22(15-25(17-30)28(32)31-18-20-8-5-4-6-9-20)16-26(35-2)27(24)36-19-21-10-12-23(13-11-21)29(33)34/h3-6,8-16H,1,7,18-19H2,2H3,(H,31,32)(H,33,34)/b25-15+. The number of rotatable bonds is 11. The first-order valence-corrected chi connectivity index (χ1v) is 11.2. The number of allylic oxidation sites excluding steroid dienone is 1. The van der Waals surface area contributed by atoms with Crippen LogP contribution < -0.4 is 14.8 Å². The Labute approximate surface area is 209 Å². The Morgan fingerprint density at radius 2 is 1.81 bits per heavy atom. The van der Waals surface area contributed by atoms with Gasteiger partial charge in [0, 0.05) is 12.1 Å². The van der Waals surface area contributed by atoms with Gasteiger partial charge in [-0.1, -0.05) is 48.5 Å². The molecule has 0 saturated heterocycles. The summed E-state index contributed by atoms with van der Waals surface area (Å²) in [6.07, 6.45) is 3.69. The van der Waals surface area contributed by atoms with Crippen LogP contribution in [-0.2, 0) is 24.4 Å². The van der Waals surface area contributed by atoms with Crippen LogP contribution in [0.1, 0.15) is 32.6 Å². The minimum Gasteiger partial charge on any atom is -0.493 e. The highest BCUT2D eigenvalue weighted by atomic mass is 16.5. The van der Waals surface area contributed by atoms with Crippen LogP contribution in [0, 0.1) is 11.3 Å². The molecular weight excluding hydrogens is 456 g/mol. The Kier molecular flexibility index (Phi) is 9.01. The second-order valence-corrected chi connectivity index (χ2v) is 7.83. The number of nitrogens with zero attached hydrogens (tertiary/aromatic N) is 1. The number of carboxylic acids is 1. The molecule has 3 rings (SSSR count). The maximum Gasteiger partial charge on any atom is 0.335 e. The Hall–Kier alpha value is -4.83. The zero-order valence-corrected chi connectivity index (χ0v) is 19.9. The number of hydrogen-bond donors (Lipinski definition) is 2. The van der Waals surface area contributed by atoms with Crippen molar-refractivity contribution >= 4 is 18.0 Å². The van der Waals surface area contributed by atoms with E-state index in [4.69, 9.17) is 14.6 Å². The van der Waals surface area contributed by atoms with Gasteiger partial charge in [0.2, 0.25) is 0 Å². The second kappa shape index (κ2) is 12.6. The van der Waals surface area contributed by atoms with E-state index in [9.17, 15) is 14.9 Å². The quantitative estimate of drug-likeness (QED) is 0.228. The van der Waals surface area contributed by atoms with Crippen LogP contribution in [0.4, 0.5) is 0 Å². The fourth-order valence-electron chi connectivity index (χ4n) is 3.48. The van der Waals surface area contributed by atoms with E-state index in [0.29, 0.717) is 30.0 Å². The van der Waals surface area contributed by atoms with Crippen molar-refractivity contribution in [3.05, 3.63) is 113 Å². The third-order valence-corrected chi connectivity index (χ3v) is 5.29. The largest absolute Gasteiger partial charge is 0.493 e. The molecule has 0 aliphatic carbocycles. The Morgan fingerprint density at radius 3 is 2.42 bits per heavy atom. The molecule has 0 heterocycles. The number of methoxy groups -OCH3 is 1. The zero-order chi connectivity index (χ0) is 25.9. The van der Waals surface area contributed by atoms with E-state index in [2.05, 4.69) is 11.9 Å². The number of carbonyl (C=O) groups is 2. The number of hydrogen-bond acceptors (Lipinski definition) is 5. The molecule has 0 atom stereocenters. The van der Waals surface area contributed by atoms with Crippen LogP contribution in [-0.4, -0.2) is 24.1 Å². The maximum absolute atomic E-state index is 12.6. The van der Waals surface area contributed by atoms with Gasteiger partial charge < -0.3 is 19.9 Å². The molecule has 182 valence electrons. The fraction of sp³-hybridized carbons (Fsp3) is 0.138. The summed E-state index contributed by atoms with van der Waals surface area (Å²) in [5.74, 6) is -0.532. The molecule has 0 aliphatic heterocycles. The topological polar surface area (TPSA) is 109 Å². The van der Waals surface area contributed by atoms with E-state index in [1.165, 1.54) is 25.3 Å². The van der Waals surface area contributed by atoms with Crippen molar-refractivity contribution in [3.63, 3.8) is 0 Å². The summed E-state index contributed by atoms with van der Waals surface area (Å²) >= 11 is 0. The van der Waals surface area contributed by atoms with Gasteiger partial charge in [-0.3, -0.25) is 4.79 Å². The second-order valence-electron chi connectivity index (χ2n) is 7.83. The molecule has 7 nitrogen and oxygen atoms in total. The molecule has 0 spiro atoms. The highest BCUT2D eigenvalue weighted by Crippen LogP contribution is 2.35. The van der Waals surface area contributed by atoms with Gasteiger partial charge in [-0.05, 0) is 53.5 Å². The third kappa shape index (κ3) is 6.84. The maximum atomic E-state index is 12.6. The molecule has 0 radical (unpaired) electrons. The number of carbonyl (C=O) groups excluding carboxylic acids is 1. The molecule has 0 aliphatic rings. The first kappa shape index (κ1) is 25.8. The smallest absolute Gasteiger partial charge is 0.335 e. The van der Waals surface area contributed by atoms with Crippen molar-refractivity contribution in [3.8, 4) is 17.6 Å². The summed E-state index contributed by atoms with van der Waals surface area (Å²) in [7, 11) is 1.51. The summed E-state index contributed by atoms with van der Waals surface area (Å²) in [6, 6.07) is 21.3. The lowest BCUT2D eigenvalue weighted by Crippen LogP contribution is -2.23. The highest BCUT2D eigenvalue weighted by molar-refractivity contribution is 6.01. The van der Waals surface area contributed by atoms with Crippen LogP contribution in [0.3, 0.4) is 0 Å². The lowest BCUT2D eigenvalue weighted by Gasteiger charge is -2.16. The van der Waals surface area contributed by atoms with Gasteiger partial charge in [0.1, 0.15) is 18.2 Å². The minimum atomic E-state index is -0.994. The van der Waals surface area contributed by atoms with Crippen molar-refractivity contribution in [2.45, 2.75) is 19.6 Å². The van der Waals surface area contributed by atoms with Gasteiger partial charge in [-0.2, -0.15) is 5.26 Å². The fourth-order valence-corrected chi connectivity index (χ4v) is 3.48. The zero-order valence-electron chi connectivity index (χ0n) is 19.9. The van der Waals surface area contributed by atoms with Gasteiger partial charge in [0.15, 0.2) is 11.5 Å². The van der Waals surface area contributed by atoms with Gasteiger partial charge >= 0.3 is 5.97 Å². The van der Waals surface area contributed by atoms with E-state index in [1.807, 2.05) is 42.5 Å². The molecule has 0 aromatic heterocycles. The third-order valence-electron chi connectivity index (χ3n) is 5.29. The summed E-state index contributed by atoms with van der Waals surface area (Å²) < 4.78 is 11.6. The predicted octanol–water partition coefficient (Wildman–Crippen LogP) is 4.92. The van der Waals surface area contributed by atoms with E-state index >= 15 is 0 Å². The lowest BCUT2D eigenvalue weighted by molar-refractivity contribution is -0.117. The van der Waals surface area contributed by atoms with Gasteiger partial charge in [0.05, 0.1) is 12.7 Å². The SMILES string of the molecule is C=CCc1cc(/C=C(\C#N)C(=O)NCc2ccccc2)cc(OC)c1OCc1ccc(C(=O)O)cc1. The molecule has 2 N–H and O–H groups in total. The molecule has 3 aromatic rings. The normalized spacial score (nSPS) is 10.7. The molecule has 0 unspecified atom stereocenters. The van der Waals surface area contributed by atoms with E-state index < -0.39 is 11.9 Å². The molecule has 0 fully saturated rings. The monoisotopic (exact) mass is 482 g/mol. The first-order chi connectivity index (χ1) is 17.4. The van der Waals surface area contributed by atoms with Crippen LogP contribution >= 0.6 is 0 Å². The molecule has 1 amide bonds. The van der Waals surface area contributed by atoms with Crippen molar-refractivity contribution in [1.82, 2.24) is 5.32 Å². The molecule has 0 saturated carbocycles. The summed E-state index contributed by atoms with van der Waals surface area (Å²) in [5.41, 5.74) is 3.24. The molecule has 3 aromatic carbocycles. The average Bonchev–Trinajstić information content (AvgIpc) is 2.90.